The lowest BCUT2D eigenvalue weighted by Crippen LogP contribution is -2.36. The van der Waals surface area contributed by atoms with Gasteiger partial charge in [0.2, 0.25) is 5.91 Å². The van der Waals surface area contributed by atoms with E-state index in [9.17, 15) is 9.90 Å². The highest BCUT2D eigenvalue weighted by molar-refractivity contribution is 7.98. The maximum atomic E-state index is 11.3. The average Bonchev–Trinajstić information content (AvgIpc) is 2.30. The SMILES string of the molecule is CSCC(C)N1CC(O)CC1=O. The molecule has 70 valence electrons. The van der Waals surface area contributed by atoms with Gasteiger partial charge < -0.3 is 10.0 Å². The lowest BCUT2D eigenvalue weighted by molar-refractivity contribution is -0.129. The Kier molecular flexibility index (Phi) is 3.40. The highest BCUT2D eigenvalue weighted by Crippen LogP contribution is 2.16. The van der Waals surface area contributed by atoms with E-state index in [0.717, 1.165) is 5.75 Å². The van der Waals surface area contributed by atoms with Crippen LogP contribution in [0.5, 0.6) is 0 Å². The number of likely N-dealkylation sites (tertiary alicyclic amines) is 1. The van der Waals surface area contributed by atoms with E-state index in [2.05, 4.69) is 0 Å². The molecule has 0 saturated carbocycles. The van der Waals surface area contributed by atoms with Gasteiger partial charge in [-0.05, 0) is 13.2 Å². The van der Waals surface area contributed by atoms with Gasteiger partial charge in [0, 0.05) is 18.3 Å². The zero-order valence-electron chi connectivity index (χ0n) is 7.49. The summed E-state index contributed by atoms with van der Waals surface area (Å²) in [6, 6.07) is 0.254. The molecule has 1 rings (SSSR count). The smallest absolute Gasteiger partial charge is 0.225 e. The molecular weight excluding hydrogens is 174 g/mol. The topological polar surface area (TPSA) is 40.5 Å². The number of nitrogens with zero attached hydrogens (tertiary/aromatic N) is 1. The van der Waals surface area contributed by atoms with Gasteiger partial charge in [0.15, 0.2) is 0 Å². The molecule has 0 spiro atoms. The number of β-amino-alcohol motifs (C(OH)–C–C–N with tert-alkyl or cyclic N) is 1. The van der Waals surface area contributed by atoms with E-state index in [1.54, 1.807) is 16.7 Å². The molecule has 3 nitrogen and oxygen atoms in total. The molecule has 1 saturated heterocycles. The lowest BCUT2D eigenvalue weighted by atomic mass is 10.3. The lowest BCUT2D eigenvalue weighted by Gasteiger charge is -2.23. The minimum absolute atomic E-state index is 0.0871. The fourth-order valence-corrected chi connectivity index (χ4v) is 2.13. The van der Waals surface area contributed by atoms with Crippen LogP contribution in [0.15, 0.2) is 0 Å². The molecule has 12 heavy (non-hydrogen) atoms. The Balaban J connectivity index is 2.46. The molecule has 2 unspecified atom stereocenters. The van der Waals surface area contributed by atoms with E-state index < -0.39 is 6.10 Å². The van der Waals surface area contributed by atoms with Crippen molar-refractivity contribution in [1.29, 1.82) is 0 Å². The quantitative estimate of drug-likeness (QED) is 0.695. The van der Waals surface area contributed by atoms with Gasteiger partial charge in [0.05, 0.1) is 12.5 Å². The van der Waals surface area contributed by atoms with Crippen molar-refractivity contribution in [2.45, 2.75) is 25.5 Å². The van der Waals surface area contributed by atoms with Crippen LogP contribution in [-0.4, -0.2) is 46.6 Å². The molecule has 0 aliphatic carbocycles. The fourth-order valence-electron chi connectivity index (χ4n) is 1.47. The maximum absolute atomic E-state index is 11.3. The van der Waals surface area contributed by atoms with Crippen molar-refractivity contribution in [2.24, 2.45) is 0 Å². The van der Waals surface area contributed by atoms with Crippen molar-refractivity contribution in [2.75, 3.05) is 18.6 Å². The van der Waals surface area contributed by atoms with Crippen LogP contribution in [0.2, 0.25) is 0 Å². The van der Waals surface area contributed by atoms with Gasteiger partial charge in [-0.3, -0.25) is 4.79 Å². The second kappa shape index (κ2) is 4.14. The summed E-state index contributed by atoms with van der Waals surface area (Å²) in [5, 5.41) is 9.22. The summed E-state index contributed by atoms with van der Waals surface area (Å²) in [5.41, 5.74) is 0. The van der Waals surface area contributed by atoms with Crippen molar-refractivity contribution in [3.8, 4) is 0 Å². The van der Waals surface area contributed by atoms with E-state index in [1.165, 1.54) is 0 Å². The van der Waals surface area contributed by atoms with Crippen LogP contribution >= 0.6 is 11.8 Å². The predicted octanol–water partition coefficient (Wildman–Crippen LogP) is 0.331. The van der Waals surface area contributed by atoms with Gasteiger partial charge in [0.25, 0.3) is 0 Å². The minimum Gasteiger partial charge on any atom is -0.391 e. The van der Waals surface area contributed by atoms with Crippen LogP contribution in [0.1, 0.15) is 13.3 Å². The maximum Gasteiger partial charge on any atom is 0.225 e. The Labute approximate surface area is 77.1 Å². The summed E-state index contributed by atoms with van der Waals surface area (Å²) in [6.07, 6.45) is 1.88. The van der Waals surface area contributed by atoms with Gasteiger partial charge in [-0.1, -0.05) is 0 Å². The van der Waals surface area contributed by atoms with Crippen LogP contribution in [0.3, 0.4) is 0 Å². The highest BCUT2D eigenvalue weighted by Gasteiger charge is 2.30. The minimum atomic E-state index is -0.443. The Morgan fingerprint density at radius 3 is 2.92 bits per heavy atom. The highest BCUT2D eigenvalue weighted by atomic mass is 32.2. The van der Waals surface area contributed by atoms with Crippen molar-refractivity contribution < 1.29 is 9.90 Å². The Morgan fingerprint density at radius 1 is 1.83 bits per heavy atom. The molecule has 1 heterocycles. The summed E-state index contributed by atoms with van der Waals surface area (Å²) in [6.45, 7) is 2.53. The van der Waals surface area contributed by atoms with Gasteiger partial charge in [-0.15, -0.1) is 0 Å². The number of aliphatic hydroxyl groups is 1. The van der Waals surface area contributed by atoms with E-state index in [4.69, 9.17) is 0 Å². The Bertz CT molecular complexity index is 174. The Hall–Kier alpha value is -0.220. The second-order valence-electron chi connectivity index (χ2n) is 3.21. The number of thioether (sulfide) groups is 1. The number of rotatable bonds is 3. The number of carbonyl (C=O) groups is 1. The number of amides is 1. The van der Waals surface area contributed by atoms with Crippen molar-refractivity contribution in [3.63, 3.8) is 0 Å². The van der Waals surface area contributed by atoms with E-state index >= 15 is 0 Å². The van der Waals surface area contributed by atoms with Crippen LogP contribution in [0.25, 0.3) is 0 Å². The van der Waals surface area contributed by atoms with Gasteiger partial charge in [0.1, 0.15) is 0 Å². The standard InChI is InChI=1S/C8H15NO2S/c1-6(5-12-2)9-4-7(10)3-8(9)11/h6-7,10H,3-5H2,1-2H3. The molecule has 1 amide bonds. The molecular formula is C8H15NO2S. The third-order valence-corrected chi connectivity index (χ3v) is 2.89. The number of aliphatic hydroxyl groups excluding tert-OH is 1. The summed E-state index contributed by atoms with van der Waals surface area (Å²) in [5.74, 6) is 1.03. The molecule has 1 N–H and O–H groups in total. The molecule has 0 aromatic rings. The van der Waals surface area contributed by atoms with Crippen molar-refractivity contribution >= 4 is 17.7 Å². The second-order valence-corrected chi connectivity index (χ2v) is 4.12. The van der Waals surface area contributed by atoms with E-state index in [0.29, 0.717) is 13.0 Å². The molecule has 1 fully saturated rings. The van der Waals surface area contributed by atoms with Gasteiger partial charge >= 0.3 is 0 Å². The third kappa shape index (κ3) is 2.14. The first kappa shape index (κ1) is 9.86. The molecule has 0 aromatic carbocycles. The molecule has 1 aliphatic heterocycles. The van der Waals surface area contributed by atoms with Crippen molar-refractivity contribution in [1.82, 2.24) is 4.90 Å². The molecule has 4 heteroatoms. The number of hydrogen-bond acceptors (Lipinski definition) is 3. The van der Waals surface area contributed by atoms with Crippen LogP contribution in [0, 0.1) is 0 Å². The third-order valence-electron chi connectivity index (χ3n) is 2.08. The zero-order valence-corrected chi connectivity index (χ0v) is 8.30. The van der Waals surface area contributed by atoms with Crippen LogP contribution in [-0.2, 0) is 4.79 Å². The first-order valence-electron chi connectivity index (χ1n) is 4.11. The monoisotopic (exact) mass is 189 g/mol. The first-order valence-corrected chi connectivity index (χ1v) is 5.51. The summed E-state index contributed by atoms with van der Waals surface area (Å²) < 4.78 is 0. The summed E-state index contributed by atoms with van der Waals surface area (Å²) in [4.78, 5) is 13.0. The normalized spacial score (nSPS) is 26.4. The zero-order chi connectivity index (χ0) is 9.14. The number of carbonyl (C=O) groups excluding carboxylic acids is 1. The first-order chi connectivity index (χ1) is 5.65. The largest absolute Gasteiger partial charge is 0.391 e. The predicted molar refractivity (Wildman–Crippen MR) is 50.2 cm³/mol. The van der Waals surface area contributed by atoms with E-state index in [-0.39, 0.29) is 11.9 Å². The van der Waals surface area contributed by atoms with Crippen LogP contribution in [0.4, 0.5) is 0 Å². The van der Waals surface area contributed by atoms with Gasteiger partial charge in [-0.2, -0.15) is 11.8 Å². The molecule has 0 aromatic heterocycles. The summed E-state index contributed by atoms with van der Waals surface area (Å²) >= 11 is 1.72. The van der Waals surface area contributed by atoms with Gasteiger partial charge in [-0.25, -0.2) is 0 Å². The Morgan fingerprint density at radius 2 is 2.50 bits per heavy atom. The fraction of sp³-hybridized carbons (Fsp3) is 0.875. The molecule has 1 aliphatic rings. The molecule has 2 atom stereocenters. The molecule has 0 radical (unpaired) electrons. The summed E-state index contributed by atoms with van der Waals surface area (Å²) in [7, 11) is 0. The van der Waals surface area contributed by atoms with Crippen LogP contribution < -0.4 is 0 Å². The van der Waals surface area contributed by atoms with Crippen molar-refractivity contribution in [3.05, 3.63) is 0 Å². The number of hydrogen-bond donors (Lipinski definition) is 1. The average molecular weight is 189 g/mol. The van der Waals surface area contributed by atoms with E-state index in [1.807, 2.05) is 13.2 Å². The molecule has 0 bridgehead atoms.